The Balaban J connectivity index is 4.18. The number of carbonyl (C=O) groups excluding carboxylic acids is 11. The number of rotatable bonds is 90. The summed E-state index contributed by atoms with van der Waals surface area (Å²) in [5.41, 5.74) is 0. The van der Waals surface area contributed by atoms with E-state index in [1.807, 2.05) is 0 Å². The molecular weight excluding hydrogens is 1660 g/mol. The zero-order valence-corrected chi connectivity index (χ0v) is 74.3. The highest BCUT2D eigenvalue weighted by Crippen LogP contribution is 2.17. The van der Waals surface area contributed by atoms with Crippen LogP contribution in [0.4, 0.5) is 0 Å². The summed E-state index contributed by atoms with van der Waals surface area (Å²) in [7, 11) is 0. The van der Waals surface area contributed by atoms with E-state index in [9.17, 15) is 102 Å². The van der Waals surface area contributed by atoms with Gasteiger partial charge in [0.15, 0.2) is 5.78 Å². The van der Waals surface area contributed by atoms with Gasteiger partial charge in [0.2, 0.25) is 59.1 Å². The van der Waals surface area contributed by atoms with Gasteiger partial charge in [-0.3, -0.25) is 62.3 Å². The van der Waals surface area contributed by atoms with Crippen LogP contribution in [-0.2, 0) is 119 Å². The molecule has 10 amide bonds. The van der Waals surface area contributed by atoms with Crippen LogP contribution in [0.1, 0.15) is 264 Å². The van der Waals surface area contributed by atoms with Crippen molar-refractivity contribution in [2.45, 2.75) is 294 Å². The van der Waals surface area contributed by atoms with Crippen molar-refractivity contribution in [2.24, 2.45) is 5.92 Å². The van der Waals surface area contributed by atoms with Crippen LogP contribution in [0.2, 0.25) is 0 Å². The second-order valence-corrected chi connectivity index (χ2v) is 30.8. The number of aliphatic carboxylic acids is 6. The standard InChI is InChI=1S/C85H148N10O31/c1-63(2)81(110)64(91-74(101)41-37-68(85(117)118)95-78(105)62-126-58-54-122-50-46-90-76(103)60-124-56-52-120-48-44-88-71(98)40-35-66(83(113)114)93-73(100)31-24-20-16-12-8-4-6-10-14-18-22-26-33-80(108)109)29-27-28-42-86-69(96)38-36-67(84(115)116)94-77(104)61-125-57-53-121-49-45-89-75(102)59-123-55-51-119-47-43-87-70(97)39-34-65(82(111)112)92-72(99)30-23-19-15-11-7-3-5-9-13-17-21-25-32-79(106)107/h63-68H,3-62H2,1-2H3,(H,86,96)(H,87,97)(H,88,98)(H,89,102)(H,90,103)(H,91,101)(H,92,99)(H,93,100)(H,94,104)(H,95,105)(H,106,107)(H,108,109)(H,111,112)(H,113,114)(H,115,116)(H,117,118)/t64-,65-,66-,67-,68-/m0/s1. The highest BCUT2D eigenvalue weighted by Gasteiger charge is 2.28. The van der Waals surface area contributed by atoms with Crippen LogP contribution in [0.25, 0.3) is 0 Å². The smallest absolute Gasteiger partial charge is 0.326 e. The second-order valence-electron chi connectivity index (χ2n) is 30.8. The second kappa shape index (κ2) is 80.4. The van der Waals surface area contributed by atoms with E-state index in [1.54, 1.807) is 13.8 Å². The van der Waals surface area contributed by atoms with Crippen LogP contribution < -0.4 is 53.2 Å². The predicted molar refractivity (Wildman–Crippen MR) is 457 cm³/mol. The maximum Gasteiger partial charge on any atom is 0.326 e. The minimum Gasteiger partial charge on any atom is -0.481 e. The predicted octanol–water partition coefficient (Wildman–Crippen LogP) is 4.07. The highest BCUT2D eigenvalue weighted by molar-refractivity contribution is 5.91. The molecule has 0 aliphatic rings. The number of ether oxygens (including phenoxy) is 8. The minimum absolute atomic E-state index is 0.0211. The first-order valence-corrected chi connectivity index (χ1v) is 44.8. The molecule has 16 N–H and O–H groups in total. The van der Waals surface area contributed by atoms with E-state index in [0.29, 0.717) is 25.7 Å². The van der Waals surface area contributed by atoms with Gasteiger partial charge in [0.05, 0.1) is 85.3 Å². The van der Waals surface area contributed by atoms with Crippen LogP contribution in [-0.4, -0.2) is 300 Å². The SMILES string of the molecule is CC(C)C(=O)[C@H](CCCCNC(=O)CC[C@H](NC(=O)COCCOCCNC(=O)COCCOCCNC(=O)CC[C@H](NC(=O)CCCCCCCCCCCCCCC(=O)O)C(=O)O)C(=O)O)NC(=O)CC[C@H](NC(=O)COCCOCCNC(=O)COCCOCCNC(=O)CC[C@H](NC(=O)CCCCCCCCCCCCCCC(=O)O)C(=O)O)C(=O)O. The van der Waals surface area contributed by atoms with E-state index in [-0.39, 0.29) is 226 Å². The molecule has 0 spiro atoms. The van der Waals surface area contributed by atoms with Crippen molar-refractivity contribution in [3.8, 4) is 0 Å². The van der Waals surface area contributed by atoms with Crippen molar-refractivity contribution in [1.29, 1.82) is 0 Å². The molecule has 0 rings (SSSR count). The van der Waals surface area contributed by atoms with E-state index in [0.717, 1.165) is 141 Å². The normalized spacial score (nSPS) is 12.3. The van der Waals surface area contributed by atoms with Gasteiger partial charge >= 0.3 is 35.8 Å². The zero-order valence-electron chi connectivity index (χ0n) is 74.3. The third-order valence-corrected chi connectivity index (χ3v) is 19.4. The van der Waals surface area contributed by atoms with Crippen LogP contribution >= 0.6 is 0 Å². The molecule has 0 aromatic heterocycles. The first-order valence-electron chi connectivity index (χ1n) is 44.8. The number of carboxylic acid groups (broad SMARTS) is 6. The van der Waals surface area contributed by atoms with Gasteiger partial charge in [-0.1, -0.05) is 142 Å². The van der Waals surface area contributed by atoms with Gasteiger partial charge in [-0.25, -0.2) is 19.2 Å². The summed E-state index contributed by atoms with van der Waals surface area (Å²) >= 11 is 0. The van der Waals surface area contributed by atoms with Gasteiger partial charge in [0, 0.05) is 90.0 Å². The Bertz CT molecular complexity index is 3100. The third kappa shape index (κ3) is 75.1. The number of hydrogen-bond donors (Lipinski definition) is 16. The van der Waals surface area contributed by atoms with Gasteiger partial charge in [-0.2, -0.15) is 0 Å². The average molecular weight is 1810 g/mol. The molecule has 0 aliphatic carbocycles. The average Bonchev–Trinajstić information content (AvgIpc) is 0.899. The lowest BCUT2D eigenvalue weighted by atomic mass is 9.97. The summed E-state index contributed by atoms with van der Waals surface area (Å²) in [6, 6.07) is -6.24. The molecule has 0 aliphatic heterocycles. The lowest BCUT2D eigenvalue weighted by Gasteiger charge is -2.20. The highest BCUT2D eigenvalue weighted by atomic mass is 16.5. The van der Waals surface area contributed by atoms with Crippen molar-refractivity contribution in [1.82, 2.24) is 53.2 Å². The molecule has 0 bridgehead atoms. The fourth-order valence-electron chi connectivity index (χ4n) is 12.4. The number of unbranched alkanes of at least 4 members (excludes halogenated alkanes) is 23. The van der Waals surface area contributed by atoms with Gasteiger partial charge < -0.3 is 122 Å². The number of carboxylic acids is 6. The Kier molecular flexibility index (Phi) is 74.6. The van der Waals surface area contributed by atoms with Gasteiger partial charge in [0.25, 0.3) is 0 Å². The first kappa shape index (κ1) is 117. The first-order chi connectivity index (χ1) is 60.5. The lowest BCUT2D eigenvalue weighted by molar-refractivity contribution is -0.143. The summed E-state index contributed by atoms with van der Waals surface area (Å²) < 4.78 is 42.7. The maximum absolute atomic E-state index is 13.1. The number of Topliss-reactive ketones (excluding diaryl/α,β-unsaturated/α-hetero) is 1. The van der Waals surface area contributed by atoms with Crippen molar-refractivity contribution >= 4 is 101 Å². The molecule has 0 fully saturated rings. The van der Waals surface area contributed by atoms with E-state index in [4.69, 9.17) is 48.1 Å². The van der Waals surface area contributed by atoms with E-state index in [1.165, 1.54) is 0 Å². The molecule has 0 saturated heterocycles. The van der Waals surface area contributed by atoms with E-state index in [2.05, 4.69) is 53.2 Å². The van der Waals surface area contributed by atoms with Crippen LogP contribution in [0.3, 0.4) is 0 Å². The lowest BCUT2D eigenvalue weighted by Crippen LogP contribution is -2.45. The number of nitrogens with one attached hydrogen (secondary N) is 10. The van der Waals surface area contributed by atoms with Gasteiger partial charge in [-0.15, -0.1) is 0 Å². The Morgan fingerprint density at radius 3 is 0.706 bits per heavy atom. The van der Waals surface area contributed by atoms with Crippen molar-refractivity contribution in [2.75, 3.05) is 138 Å². The quantitative estimate of drug-likeness (QED) is 0.0382. The number of ketones is 1. The minimum atomic E-state index is -1.47. The van der Waals surface area contributed by atoms with Crippen molar-refractivity contribution in [3.63, 3.8) is 0 Å². The molecule has 724 valence electrons. The Hall–Kier alpha value is -9.13. The fraction of sp³-hybridized carbons (Fsp3) is 0.800. The molecule has 126 heavy (non-hydrogen) atoms. The van der Waals surface area contributed by atoms with E-state index < -0.39 is 132 Å². The number of hydrogen-bond acceptors (Lipinski definition) is 25. The van der Waals surface area contributed by atoms with E-state index >= 15 is 0 Å². The molecule has 0 unspecified atom stereocenters. The fourth-order valence-corrected chi connectivity index (χ4v) is 12.4. The molecule has 0 heterocycles. The van der Waals surface area contributed by atoms with Gasteiger partial charge in [0.1, 0.15) is 50.6 Å². The maximum atomic E-state index is 13.1. The molecule has 5 atom stereocenters. The van der Waals surface area contributed by atoms with Gasteiger partial charge in [-0.05, 0) is 70.6 Å². The molecule has 0 saturated carbocycles. The van der Waals surface area contributed by atoms with Crippen molar-refractivity contribution in [3.05, 3.63) is 0 Å². The summed E-state index contributed by atoms with van der Waals surface area (Å²) in [5, 5.41) is 81.4. The van der Waals surface area contributed by atoms with Crippen LogP contribution in [0, 0.1) is 5.92 Å². The summed E-state index contributed by atoms with van der Waals surface area (Å²) in [6.07, 6.45) is 24.0. The number of amides is 10. The third-order valence-electron chi connectivity index (χ3n) is 19.4. The molecule has 0 radical (unpaired) electrons. The van der Waals surface area contributed by atoms with Crippen LogP contribution in [0.5, 0.6) is 0 Å². The topological polar surface area (TPSA) is 606 Å². The molecular formula is C85H148N10O31. The molecule has 0 aromatic carbocycles. The zero-order chi connectivity index (χ0) is 93.4. The molecule has 41 heteroatoms. The Morgan fingerprint density at radius 1 is 0.206 bits per heavy atom. The summed E-state index contributed by atoms with van der Waals surface area (Å²) in [5.74, 6) is -12.7. The molecule has 41 nitrogen and oxygen atoms in total. The largest absolute Gasteiger partial charge is 0.481 e. The summed E-state index contributed by atoms with van der Waals surface area (Å²) in [4.78, 5) is 206. The Morgan fingerprint density at radius 2 is 0.429 bits per heavy atom. The van der Waals surface area contributed by atoms with Crippen LogP contribution in [0.15, 0.2) is 0 Å². The summed E-state index contributed by atoms with van der Waals surface area (Å²) in [6.45, 7) is 3.13. The monoisotopic (exact) mass is 1810 g/mol. The number of carbonyl (C=O) groups is 17. The Labute approximate surface area is 739 Å². The van der Waals surface area contributed by atoms with Crippen molar-refractivity contribution < 1.29 is 150 Å². The molecule has 0 aromatic rings.